The average Bonchev–Trinajstić information content (AvgIpc) is 3.13. The van der Waals surface area contributed by atoms with Crippen molar-refractivity contribution in [3.05, 3.63) is 41.3 Å². The third-order valence-electron chi connectivity index (χ3n) is 4.29. The summed E-state index contributed by atoms with van der Waals surface area (Å²) in [4.78, 5) is 27.8. The summed E-state index contributed by atoms with van der Waals surface area (Å²) in [5.74, 6) is -0.188. The number of nitrogens with zero attached hydrogens (tertiary/aromatic N) is 1. The van der Waals surface area contributed by atoms with Crippen LogP contribution in [0.4, 0.5) is 21.2 Å². The number of nitrogens with one attached hydrogen (secondary N) is 2. The number of benzene rings is 1. The van der Waals surface area contributed by atoms with Gasteiger partial charge >= 0.3 is 6.09 Å². The number of carbonyl (C=O) groups is 2. The van der Waals surface area contributed by atoms with Crippen LogP contribution in [0, 0.1) is 0 Å². The number of carbonyl (C=O) groups excluding carboxylic acids is 2. The molecule has 0 radical (unpaired) electrons. The Bertz CT molecular complexity index is 835. The van der Waals surface area contributed by atoms with E-state index in [1.54, 1.807) is 39.0 Å². The van der Waals surface area contributed by atoms with Gasteiger partial charge in [0.1, 0.15) is 5.60 Å². The predicted octanol–water partition coefficient (Wildman–Crippen LogP) is 5.34. The lowest BCUT2D eigenvalue weighted by Gasteiger charge is -2.27. The van der Waals surface area contributed by atoms with Gasteiger partial charge < -0.3 is 15.0 Å². The van der Waals surface area contributed by atoms with Gasteiger partial charge in [-0.3, -0.25) is 10.1 Å². The van der Waals surface area contributed by atoms with Crippen LogP contribution in [0.2, 0.25) is 0 Å². The fourth-order valence-corrected chi connectivity index (χ4v) is 3.99. The van der Waals surface area contributed by atoms with Crippen molar-refractivity contribution in [2.75, 3.05) is 28.6 Å². The maximum Gasteiger partial charge on any atom is 0.412 e. The van der Waals surface area contributed by atoms with E-state index in [4.69, 9.17) is 4.74 Å². The molecule has 1 aliphatic heterocycles. The summed E-state index contributed by atoms with van der Waals surface area (Å²) in [6, 6.07) is 11.0. The number of rotatable bonds is 4. The van der Waals surface area contributed by atoms with E-state index in [9.17, 15) is 9.59 Å². The molecule has 3 rings (SSSR count). The summed E-state index contributed by atoms with van der Waals surface area (Å²) in [6.07, 6.45) is 3.11. The van der Waals surface area contributed by atoms with E-state index < -0.39 is 11.7 Å². The second-order valence-electron chi connectivity index (χ2n) is 7.81. The highest BCUT2D eigenvalue weighted by atomic mass is 32.1. The van der Waals surface area contributed by atoms with Gasteiger partial charge in [-0.1, -0.05) is 12.1 Å². The van der Waals surface area contributed by atoms with Crippen LogP contribution in [0.25, 0.3) is 0 Å². The fourth-order valence-electron chi connectivity index (χ4n) is 3.03. The van der Waals surface area contributed by atoms with Crippen LogP contribution in [0.3, 0.4) is 0 Å². The van der Waals surface area contributed by atoms with Crippen molar-refractivity contribution in [1.82, 2.24) is 0 Å². The highest BCUT2D eigenvalue weighted by Crippen LogP contribution is 2.30. The maximum atomic E-state index is 12.7. The number of hydrogen-bond donors (Lipinski definition) is 2. The zero-order valence-electron chi connectivity index (χ0n) is 16.6. The first-order valence-electron chi connectivity index (χ1n) is 9.57. The molecule has 0 aliphatic carbocycles. The normalized spacial score (nSPS) is 14.5. The van der Waals surface area contributed by atoms with Crippen molar-refractivity contribution in [1.29, 1.82) is 0 Å². The summed E-state index contributed by atoms with van der Waals surface area (Å²) in [5, 5.41) is 6.72. The third kappa shape index (κ3) is 5.48. The highest BCUT2D eigenvalue weighted by Gasteiger charge is 2.19. The molecule has 2 amide bonds. The minimum atomic E-state index is -0.593. The lowest BCUT2D eigenvalue weighted by molar-refractivity contribution is 0.0635. The van der Waals surface area contributed by atoms with Gasteiger partial charge in [0.15, 0.2) is 0 Å². The third-order valence-corrected chi connectivity index (χ3v) is 5.44. The molecule has 6 nitrogen and oxygen atoms in total. The molecule has 1 aromatic heterocycles. The Kier molecular flexibility index (Phi) is 6.24. The van der Waals surface area contributed by atoms with Gasteiger partial charge in [0.05, 0.1) is 21.3 Å². The molecule has 7 heteroatoms. The summed E-state index contributed by atoms with van der Waals surface area (Å²) in [6.45, 7) is 7.50. The van der Waals surface area contributed by atoms with E-state index in [0.717, 1.165) is 18.1 Å². The number of anilines is 3. The monoisotopic (exact) mass is 401 g/mol. The molecule has 0 bridgehead atoms. The fraction of sp³-hybridized carbons (Fsp3) is 0.429. The zero-order valence-corrected chi connectivity index (χ0v) is 17.4. The predicted molar refractivity (Wildman–Crippen MR) is 115 cm³/mol. The van der Waals surface area contributed by atoms with Crippen molar-refractivity contribution in [2.24, 2.45) is 0 Å². The van der Waals surface area contributed by atoms with Gasteiger partial charge in [0.25, 0.3) is 5.91 Å². The van der Waals surface area contributed by atoms with Crippen molar-refractivity contribution < 1.29 is 14.3 Å². The number of piperidine rings is 1. The number of thiophene rings is 1. The quantitative estimate of drug-likeness (QED) is 0.726. The highest BCUT2D eigenvalue weighted by molar-refractivity contribution is 7.18. The van der Waals surface area contributed by atoms with Crippen LogP contribution >= 0.6 is 11.3 Å². The molecule has 28 heavy (non-hydrogen) atoms. The van der Waals surface area contributed by atoms with Crippen LogP contribution in [0.5, 0.6) is 0 Å². The number of ether oxygens (including phenoxy) is 1. The largest absolute Gasteiger partial charge is 0.444 e. The Balaban J connectivity index is 1.67. The molecule has 1 aliphatic rings. The van der Waals surface area contributed by atoms with E-state index >= 15 is 0 Å². The van der Waals surface area contributed by atoms with Crippen molar-refractivity contribution in [2.45, 2.75) is 45.6 Å². The molecule has 0 spiro atoms. The molecule has 1 fully saturated rings. The summed E-state index contributed by atoms with van der Waals surface area (Å²) in [5.41, 5.74) is 0.439. The van der Waals surface area contributed by atoms with Crippen molar-refractivity contribution in [3.63, 3.8) is 0 Å². The zero-order chi connectivity index (χ0) is 20.1. The van der Waals surface area contributed by atoms with E-state index in [1.165, 1.54) is 30.6 Å². The summed E-state index contributed by atoms with van der Waals surface area (Å²) in [7, 11) is 0. The Morgan fingerprint density at radius 2 is 1.61 bits per heavy atom. The van der Waals surface area contributed by atoms with Crippen LogP contribution in [0.1, 0.15) is 49.7 Å². The lowest BCUT2D eigenvalue weighted by atomic mass is 10.1. The van der Waals surface area contributed by atoms with Crippen LogP contribution in [-0.2, 0) is 4.74 Å². The molecular formula is C21H27N3O3S. The Morgan fingerprint density at radius 1 is 0.964 bits per heavy atom. The van der Waals surface area contributed by atoms with Gasteiger partial charge in [-0.25, -0.2) is 4.79 Å². The van der Waals surface area contributed by atoms with E-state index in [-0.39, 0.29) is 5.91 Å². The van der Waals surface area contributed by atoms with Crippen molar-refractivity contribution in [3.8, 4) is 0 Å². The van der Waals surface area contributed by atoms with E-state index in [2.05, 4.69) is 15.5 Å². The Hall–Kier alpha value is -2.54. The van der Waals surface area contributed by atoms with E-state index in [0.29, 0.717) is 16.3 Å². The second kappa shape index (κ2) is 8.65. The van der Waals surface area contributed by atoms with Crippen LogP contribution in [0.15, 0.2) is 36.4 Å². The lowest BCUT2D eigenvalue weighted by Crippen LogP contribution is -2.28. The first kappa shape index (κ1) is 20.2. The molecule has 1 saturated heterocycles. The molecule has 0 atom stereocenters. The number of hydrogen-bond acceptors (Lipinski definition) is 5. The maximum absolute atomic E-state index is 12.7. The molecule has 150 valence electrons. The SMILES string of the molecule is CC(C)(C)OC(=O)Nc1ccccc1NC(=O)c1ccc(N2CCCCC2)s1. The summed E-state index contributed by atoms with van der Waals surface area (Å²) >= 11 is 1.50. The molecule has 0 saturated carbocycles. The molecule has 0 unspecified atom stereocenters. The van der Waals surface area contributed by atoms with Crippen LogP contribution in [-0.4, -0.2) is 30.7 Å². The second-order valence-corrected chi connectivity index (χ2v) is 8.87. The average molecular weight is 402 g/mol. The van der Waals surface area contributed by atoms with Crippen LogP contribution < -0.4 is 15.5 Å². The molecule has 2 heterocycles. The van der Waals surface area contributed by atoms with Gasteiger partial charge in [-0.05, 0) is 64.3 Å². The molecule has 2 N–H and O–H groups in total. The Labute approximate surface area is 169 Å². The molecule has 2 aromatic rings. The minimum Gasteiger partial charge on any atom is -0.444 e. The first-order chi connectivity index (χ1) is 13.3. The first-order valence-corrected chi connectivity index (χ1v) is 10.4. The molecule has 1 aromatic carbocycles. The molecular weight excluding hydrogens is 374 g/mol. The number of para-hydroxylation sites is 2. The van der Waals surface area contributed by atoms with Gasteiger partial charge in [-0.15, -0.1) is 11.3 Å². The number of amides is 2. The Morgan fingerprint density at radius 3 is 2.25 bits per heavy atom. The van der Waals surface area contributed by atoms with E-state index in [1.807, 2.05) is 18.2 Å². The topological polar surface area (TPSA) is 70.7 Å². The standard InChI is InChI=1S/C21H27N3O3S/c1-21(2,3)27-20(26)23-16-10-6-5-9-15(16)22-19(25)17-11-12-18(28-17)24-13-7-4-8-14-24/h5-6,9-12H,4,7-8,13-14H2,1-3H3,(H,22,25)(H,23,26). The smallest absolute Gasteiger partial charge is 0.412 e. The van der Waals surface area contributed by atoms with Gasteiger partial charge in [0.2, 0.25) is 0 Å². The van der Waals surface area contributed by atoms with Gasteiger partial charge in [-0.2, -0.15) is 0 Å². The summed E-state index contributed by atoms with van der Waals surface area (Å²) < 4.78 is 5.29. The van der Waals surface area contributed by atoms with Gasteiger partial charge in [0, 0.05) is 13.1 Å². The van der Waals surface area contributed by atoms with Crippen molar-refractivity contribution >= 4 is 39.7 Å². The minimum absolute atomic E-state index is 0.188.